The minimum atomic E-state index is 1.01. The molecule has 0 saturated heterocycles. The molecule has 2 aromatic carbocycles. The fourth-order valence-corrected chi connectivity index (χ4v) is 3.94. The maximum absolute atomic E-state index is 3.47. The van der Waals surface area contributed by atoms with Gasteiger partial charge in [-0.2, -0.15) is 0 Å². The number of nitrogens with one attached hydrogen (secondary N) is 1. The predicted octanol–water partition coefficient (Wildman–Crippen LogP) is 6.46. The zero-order valence-corrected chi connectivity index (χ0v) is 15.1. The van der Waals surface area contributed by atoms with E-state index >= 15 is 0 Å². The van der Waals surface area contributed by atoms with E-state index in [-0.39, 0.29) is 0 Å². The van der Waals surface area contributed by atoms with Crippen molar-refractivity contribution in [1.82, 2.24) is 4.98 Å². The van der Waals surface area contributed by atoms with Crippen molar-refractivity contribution in [2.24, 2.45) is 0 Å². The Morgan fingerprint density at radius 1 is 0.920 bits per heavy atom. The van der Waals surface area contributed by atoms with Gasteiger partial charge < -0.3 is 4.98 Å². The molecule has 124 valence electrons. The Balaban J connectivity index is 1.97. The van der Waals surface area contributed by atoms with Gasteiger partial charge in [-0.1, -0.05) is 60.7 Å². The monoisotopic (exact) mass is 325 g/mol. The minimum Gasteiger partial charge on any atom is -0.362 e. The molecule has 0 spiro atoms. The maximum Gasteiger partial charge on any atom is 0.0197 e. The van der Waals surface area contributed by atoms with E-state index in [1.807, 2.05) is 6.92 Å². The van der Waals surface area contributed by atoms with Crippen molar-refractivity contribution in [3.63, 3.8) is 0 Å². The first kappa shape index (κ1) is 15.7. The molecule has 0 saturated carbocycles. The molecule has 1 heteroatoms. The van der Waals surface area contributed by atoms with Gasteiger partial charge in [-0.25, -0.2) is 0 Å². The first-order chi connectivity index (χ1) is 12.2. The van der Waals surface area contributed by atoms with Crippen LogP contribution in [0.3, 0.4) is 0 Å². The number of H-pyrrole nitrogens is 1. The van der Waals surface area contributed by atoms with Gasteiger partial charge in [0.25, 0.3) is 0 Å². The summed E-state index contributed by atoms with van der Waals surface area (Å²) >= 11 is 0. The van der Waals surface area contributed by atoms with Gasteiger partial charge in [0.15, 0.2) is 0 Å². The van der Waals surface area contributed by atoms with E-state index in [1.54, 1.807) is 0 Å². The van der Waals surface area contributed by atoms with Gasteiger partial charge in [-0.15, -0.1) is 0 Å². The van der Waals surface area contributed by atoms with Crippen molar-refractivity contribution in [2.75, 3.05) is 0 Å². The van der Waals surface area contributed by atoms with Crippen molar-refractivity contribution < 1.29 is 0 Å². The van der Waals surface area contributed by atoms with Gasteiger partial charge in [0.2, 0.25) is 0 Å². The zero-order chi connectivity index (χ0) is 17.4. The van der Waals surface area contributed by atoms with E-state index in [9.17, 15) is 0 Å². The zero-order valence-electron chi connectivity index (χ0n) is 15.1. The molecule has 0 amide bonds. The van der Waals surface area contributed by atoms with Crippen molar-refractivity contribution in [3.05, 3.63) is 88.8 Å². The van der Waals surface area contributed by atoms with Crippen LogP contribution in [0.4, 0.5) is 0 Å². The van der Waals surface area contributed by atoms with E-state index in [2.05, 4.69) is 85.6 Å². The van der Waals surface area contributed by atoms with Crippen LogP contribution in [-0.2, 0) is 6.42 Å². The first-order valence-corrected chi connectivity index (χ1v) is 8.89. The van der Waals surface area contributed by atoms with E-state index < -0.39 is 0 Å². The van der Waals surface area contributed by atoms with Gasteiger partial charge in [0.05, 0.1) is 0 Å². The molecular formula is C24H23N. The standard InChI is InChI=1S/C24H23N/c1-4-5-6-9-18-12-13-21-20-11-8-7-10-19(20)15-23(21)24(18)22-14-16(2)25-17(22)3/h4-14,25H,15H2,1-3H3. The molecule has 1 N–H and O–H groups in total. The number of benzene rings is 2. The molecule has 1 aliphatic carbocycles. The smallest absolute Gasteiger partial charge is 0.0197 e. The molecule has 0 radical (unpaired) electrons. The fourth-order valence-electron chi connectivity index (χ4n) is 3.94. The SMILES string of the molecule is CC=CC=Cc1ccc2c(c1-c1cc(C)[nH]c1C)Cc1ccccc1-2. The predicted molar refractivity (Wildman–Crippen MR) is 108 cm³/mol. The lowest BCUT2D eigenvalue weighted by Gasteiger charge is -2.13. The van der Waals surface area contributed by atoms with Crippen LogP contribution in [0.15, 0.2) is 60.7 Å². The Hall–Kier alpha value is -2.80. The lowest BCUT2D eigenvalue weighted by molar-refractivity contribution is 1.19. The molecule has 0 bridgehead atoms. The second-order valence-corrected chi connectivity index (χ2v) is 6.77. The van der Waals surface area contributed by atoms with Gasteiger partial charge in [-0.05, 0) is 66.6 Å². The summed E-state index contributed by atoms with van der Waals surface area (Å²) in [7, 11) is 0. The number of hydrogen-bond acceptors (Lipinski definition) is 0. The van der Waals surface area contributed by atoms with Gasteiger partial charge in [-0.3, -0.25) is 0 Å². The summed E-state index contributed by atoms with van der Waals surface area (Å²) in [6.45, 7) is 6.34. The summed E-state index contributed by atoms with van der Waals surface area (Å²) in [6, 6.07) is 15.6. The maximum atomic E-state index is 3.47. The normalized spacial score (nSPS) is 12.9. The highest BCUT2D eigenvalue weighted by Crippen LogP contribution is 2.44. The molecule has 4 rings (SSSR count). The average Bonchev–Trinajstić information content (AvgIpc) is 3.14. The quantitative estimate of drug-likeness (QED) is 0.416. The van der Waals surface area contributed by atoms with E-state index in [4.69, 9.17) is 0 Å². The molecule has 1 aliphatic rings. The number of aromatic amines is 1. The molecule has 0 atom stereocenters. The van der Waals surface area contributed by atoms with E-state index in [1.165, 1.54) is 50.3 Å². The largest absolute Gasteiger partial charge is 0.362 e. The number of aromatic nitrogens is 1. The van der Waals surface area contributed by atoms with E-state index in [0.29, 0.717) is 0 Å². The number of hydrogen-bond donors (Lipinski definition) is 1. The molecule has 0 unspecified atom stereocenters. The Kier molecular flexibility index (Phi) is 3.93. The summed E-state index contributed by atoms with van der Waals surface area (Å²) in [6.07, 6.45) is 9.50. The summed E-state index contributed by atoms with van der Waals surface area (Å²) < 4.78 is 0. The Labute approximate surface area is 149 Å². The molecule has 0 aliphatic heterocycles. The van der Waals surface area contributed by atoms with Crippen LogP contribution >= 0.6 is 0 Å². The third-order valence-corrected chi connectivity index (χ3v) is 5.02. The number of fused-ring (bicyclic) bond motifs is 3. The van der Waals surface area contributed by atoms with Crippen molar-refractivity contribution in [2.45, 2.75) is 27.2 Å². The van der Waals surface area contributed by atoms with Crippen LogP contribution in [0.1, 0.15) is 35.0 Å². The molecule has 1 nitrogen and oxygen atoms in total. The highest BCUT2D eigenvalue weighted by atomic mass is 14.7. The molecular weight excluding hydrogens is 302 g/mol. The average molecular weight is 325 g/mol. The van der Waals surface area contributed by atoms with E-state index in [0.717, 1.165) is 6.42 Å². The van der Waals surface area contributed by atoms with Crippen LogP contribution in [0.2, 0.25) is 0 Å². The lowest BCUT2D eigenvalue weighted by Crippen LogP contribution is -1.93. The third kappa shape index (κ3) is 2.66. The summed E-state index contributed by atoms with van der Waals surface area (Å²) in [5, 5.41) is 0. The summed E-state index contributed by atoms with van der Waals surface area (Å²) in [5.74, 6) is 0. The molecule has 25 heavy (non-hydrogen) atoms. The molecule has 3 aromatic rings. The Morgan fingerprint density at radius 3 is 2.52 bits per heavy atom. The summed E-state index contributed by atoms with van der Waals surface area (Å²) in [5.41, 5.74) is 12.1. The van der Waals surface area contributed by atoms with Crippen LogP contribution in [0.25, 0.3) is 28.3 Å². The van der Waals surface area contributed by atoms with Crippen molar-refractivity contribution >= 4 is 6.08 Å². The number of rotatable bonds is 3. The number of allylic oxidation sites excluding steroid dienone is 3. The highest BCUT2D eigenvalue weighted by Gasteiger charge is 2.24. The molecule has 0 fully saturated rings. The fraction of sp³-hybridized carbons (Fsp3) is 0.167. The number of aryl methyl sites for hydroxylation is 2. The minimum absolute atomic E-state index is 1.01. The van der Waals surface area contributed by atoms with Crippen molar-refractivity contribution in [3.8, 4) is 22.3 Å². The third-order valence-electron chi connectivity index (χ3n) is 5.02. The Morgan fingerprint density at radius 2 is 1.76 bits per heavy atom. The summed E-state index contributed by atoms with van der Waals surface area (Å²) in [4.78, 5) is 3.47. The van der Waals surface area contributed by atoms with Gasteiger partial charge in [0, 0.05) is 17.0 Å². The van der Waals surface area contributed by atoms with Crippen LogP contribution < -0.4 is 0 Å². The Bertz CT molecular complexity index is 999. The van der Waals surface area contributed by atoms with Crippen molar-refractivity contribution in [1.29, 1.82) is 0 Å². The molecule has 1 aromatic heterocycles. The molecule has 1 heterocycles. The second kappa shape index (κ2) is 6.25. The second-order valence-electron chi connectivity index (χ2n) is 6.77. The lowest BCUT2D eigenvalue weighted by atomic mass is 9.90. The van der Waals surface area contributed by atoms with Crippen LogP contribution in [-0.4, -0.2) is 4.98 Å². The van der Waals surface area contributed by atoms with Gasteiger partial charge >= 0.3 is 0 Å². The van der Waals surface area contributed by atoms with Crippen LogP contribution in [0.5, 0.6) is 0 Å². The highest BCUT2D eigenvalue weighted by molar-refractivity contribution is 5.90. The first-order valence-electron chi connectivity index (χ1n) is 8.89. The topological polar surface area (TPSA) is 15.8 Å². The van der Waals surface area contributed by atoms with Crippen LogP contribution in [0, 0.1) is 13.8 Å². The van der Waals surface area contributed by atoms with Gasteiger partial charge in [0.1, 0.15) is 0 Å².